The Labute approximate surface area is 248 Å². The van der Waals surface area contributed by atoms with Crippen molar-refractivity contribution in [3.63, 3.8) is 0 Å². The van der Waals surface area contributed by atoms with Gasteiger partial charge in [-0.1, -0.05) is 71.4 Å². The second-order valence-electron chi connectivity index (χ2n) is 10.2. The Bertz CT molecular complexity index is 1640. The van der Waals surface area contributed by atoms with E-state index in [9.17, 15) is 14.9 Å². The maximum atomic E-state index is 13.6. The van der Waals surface area contributed by atoms with Crippen molar-refractivity contribution in [1.82, 2.24) is 15.4 Å². The zero-order valence-electron chi connectivity index (χ0n) is 21.6. The lowest BCUT2D eigenvalue weighted by Gasteiger charge is -2.42. The Balaban J connectivity index is 1.49. The van der Waals surface area contributed by atoms with Crippen LogP contribution in [0.5, 0.6) is 0 Å². The van der Waals surface area contributed by atoms with E-state index in [0.29, 0.717) is 60.8 Å². The van der Waals surface area contributed by atoms with Crippen molar-refractivity contribution >= 4 is 68.9 Å². The van der Waals surface area contributed by atoms with E-state index in [2.05, 4.69) is 26.7 Å². The molecule has 0 fully saturated rings. The highest BCUT2D eigenvalue weighted by molar-refractivity contribution is 8.01. The molecule has 1 atom stereocenters. The third-order valence-electron chi connectivity index (χ3n) is 6.47. The number of halogens is 2. The molecule has 0 saturated heterocycles. The first-order chi connectivity index (χ1) is 19.0. The molecule has 1 amide bonds. The molecule has 1 aromatic carbocycles. The normalized spacial score (nSPS) is 18.6. The van der Waals surface area contributed by atoms with Crippen LogP contribution in [0.2, 0.25) is 10.0 Å². The van der Waals surface area contributed by atoms with Crippen molar-refractivity contribution < 1.29 is 14.1 Å². The SMILES string of the molecule is Cc1cc(NC(=O)CSc2nnc(N3C(N)=C(C#N)C(c4ccc(Cl)c(Cl)c4)C4=C3CC(C)(C)CC4=O)s2)no1. The van der Waals surface area contributed by atoms with Gasteiger partial charge in [-0.05, 0) is 36.5 Å². The number of nitrogens with one attached hydrogen (secondary N) is 1. The first-order valence-electron chi connectivity index (χ1n) is 12.1. The van der Waals surface area contributed by atoms with Gasteiger partial charge in [0.25, 0.3) is 0 Å². The van der Waals surface area contributed by atoms with Crippen LogP contribution in [0.15, 0.2) is 55.8 Å². The van der Waals surface area contributed by atoms with Gasteiger partial charge in [0.1, 0.15) is 11.6 Å². The lowest BCUT2D eigenvalue weighted by Crippen LogP contribution is -2.42. The lowest BCUT2D eigenvalue weighted by atomic mass is 9.69. The topological polar surface area (TPSA) is 151 Å². The predicted octanol–water partition coefficient (Wildman–Crippen LogP) is 5.81. The van der Waals surface area contributed by atoms with E-state index in [1.807, 2.05) is 13.8 Å². The average Bonchev–Trinajstić information content (AvgIpc) is 3.51. The third-order valence-corrected chi connectivity index (χ3v) is 9.25. The van der Waals surface area contributed by atoms with Gasteiger partial charge in [0.2, 0.25) is 11.0 Å². The summed E-state index contributed by atoms with van der Waals surface area (Å²) in [6.45, 7) is 5.75. The largest absolute Gasteiger partial charge is 0.384 e. The van der Waals surface area contributed by atoms with Crippen LogP contribution in [0.3, 0.4) is 0 Å². The van der Waals surface area contributed by atoms with Gasteiger partial charge in [-0.3, -0.25) is 14.5 Å². The first kappa shape index (κ1) is 28.2. The summed E-state index contributed by atoms with van der Waals surface area (Å²) in [6, 6.07) is 8.89. The summed E-state index contributed by atoms with van der Waals surface area (Å²) in [7, 11) is 0. The summed E-state index contributed by atoms with van der Waals surface area (Å²) >= 11 is 14.9. The molecule has 0 radical (unpaired) electrons. The highest BCUT2D eigenvalue weighted by Crippen LogP contribution is 2.51. The fourth-order valence-corrected chi connectivity index (χ4v) is 6.82. The summed E-state index contributed by atoms with van der Waals surface area (Å²) in [5.41, 5.74) is 8.31. The van der Waals surface area contributed by atoms with Crippen molar-refractivity contribution in [2.75, 3.05) is 16.0 Å². The number of ketones is 1. The number of aromatic nitrogens is 3. The van der Waals surface area contributed by atoms with Crippen molar-refractivity contribution in [2.24, 2.45) is 11.1 Å². The van der Waals surface area contributed by atoms with E-state index in [1.54, 1.807) is 36.1 Å². The molecule has 1 unspecified atom stereocenters. The Kier molecular flexibility index (Phi) is 7.67. The fraction of sp³-hybridized carbons (Fsp3) is 0.308. The number of benzene rings is 1. The highest BCUT2D eigenvalue weighted by atomic mass is 35.5. The van der Waals surface area contributed by atoms with Crippen LogP contribution >= 0.6 is 46.3 Å². The molecular weight excluding hydrogens is 593 g/mol. The van der Waals surface area contributed by atoms with Gasteiger partial charge >= 0.3 is 0 Å². The molecule has 1 aliphatic carbocycles. The number of nitrogens with zero attached hydrogens (tertiary/aromatic N) is 5. The number of allylic oxidation sites excluding steroid dienone is 3. The van der Waals surface area contributed by atoms with Crippen LogP contribution < -0.4 is 16.0 Å². The Morgan fingerprint density at radius 1 is 1.30 bits per heavy atom. The minimum Gasteiger partial charge on any atom is -0.384 e. The van der Waals surface area contributed by atoms with E-state index >= 15 is 0 Å². The van der Waals surface area contributed by atoms with E-state index < -0.39 is 5.92 Å². The third kappa shape index (κ3) is 5.47. The van der Waals surface area contributed by atoms with Gasteiger partial charge in [0.05, 0.1) is 33.4 Å². The molecule has 206 valence electrons. The van der Waals surface area contributed by atoms with Gasteiger partial charge in [0, 0.05) is 23.8 Å². The number of anilines is 2. The molecule has 0 saturated carbocycles. The van der Waals surface area contributed by atoms with Crippen LogP contribution in [0.4, 0.5) is 10.9 Å². The summed E-state index contributed by atoms with van der Waals surface area (Å²) < 4.78 is 5.48. The maximum absolute atomic E-state index is 13.6. The molecule has 0 spiro atoms. The summed E-state index contributed by atoms with van der Waals surface area (Å²) in [5, 5.41) is 26.3. The number of rotatable bonds is 6. The number of carbonyl (C=O) groups is 2. The second-order valence-corrected chi connectivity index (χ2v) is 13.2. The maximum Gasteiger partial charge on any atom is 0.236 e. The molecule has 5 rings (SSSR count). The Morgan fingerprint density at radius 2 is 2.08 bits per heavy atom. The molecule has 2 aromatic heterocycles. The number of nitrogens with two attached hydrogens (primary N) is 1. The van der Waals surface area contributed by atoms with Gasteiger partial charge in [-0.15, -0.1) is 10.2 Å². The van der Waals surface area contributed by atoms with E-state index in [1.165, 1.54) is 23.1 Å². The summed E-state index contributed by atoms with van der Waals surface area (Å²) in [5.74, 6) is 0.0837. The Morgan fingerprint density at radius 3 is 2.75 bits per heavy atom. The molecule has 3 heterocycles. The molecular formula is C26H23Cl2N7O3S2. The molecule has 40 heavy (non-hydrogen) atoms. The highest BCUT2D eigenvalue weighted by Gasteiger charge is 2.45. The van der Waals surface area contributed by atoms with Crippen LogP contribution in [0, 0.1) is 23.7 Å². The van der Waals surface area contributed by atoms with Crippen molar-refractivity contribution in [3.8, 4) is 6.07 Å². The molecule has 10 nitrogen and oxygen atoms in total. The van der Waals surface area contributed by atoms with Crippen molar-refractivity contribution in [2.45, 2.75) is 43.9 Å². The molecule has 14 heteroatoms. The van der Waals surface area contributed by atoms with Gasteiger partial charge < -0.3 is 15.6 Å². The number of hydrogen-bond acceptors (Lipinski definition) is 11. The van der Waals surface area contributed by atoms with Gasteiger partial charge in [0.15, 0.2) is 15.9 Å². The summed E-state index contributed by atoms with van der Waals surface area (Å²) in [4.78, 5) is 27.7. The van der Waals surface area contributed by atoms with Crippen molar-refractivity contribution in [3.05, 3.63) is 68.3 Å². The number of thioether (sulfide) groups is 1. The average molecular weight is 617 g/mol. The zero-order chi connectivity index (χ0) is 28.8. The quantitative estimate of drug-likeness (QED) is 0.325. The first-order valence-corrected chi connectivity index (χ1v) is 14.6. The van der Waals surface area contributed by atoms with Crippen molar-refractivity contribution in [1.29, 1.82) is 5.26 Å². The van der Waals surface area contributed by atoms with E-state index in [0.717, 1.165) is 0 Å². The fourth-order valence-electron chi connectivity index (χ4n) is 4.84. The number of Topliss-reactive ketones (excluding diaryl/α,β-unsaturated/α-hetero) is 1. The number of nitriles is 1. The standard InChI is InChI=1S/C26H23Cl2N7O3S2/c1-12-6-19(34-38-12)31-20(37)11-39-25-33-32-24(40-25)35-17-8-26(2,3)9-18(36)22(17)21(14(10-29)23(35)30)13-4-5-15(27)16(28)7-13/h4-7,21H,8-9,11,30H2,1-3H3,(H,31,34,37). The number of amides is 1. The van der Waals surface area contributed by atoms with Crippen LogP contribution in [0.1, 0.15) is 43.9 Å². The lowest BCUT2D eigenvalue weighted by molar-refractivity contribution is -0.118. The van der Waals surface area contributed by atoms with E-state index in [4.69, 9.17) is 33.5 Å². The van der Waals surface area contributed by atoms with Gasteiger partial charge in [-0.2, -0.15) is 5.26 Å². The van der Waals surface area contributed by atoms with E-state index in [-0.39, 0.29) is 34.3 Å². The second kappa shape index (κ2) is 10.9. The zero-order valence-corrected chi connectivity index (χ0v) is 24.8. The molecule has 1 aliphatic heterocycles. The Hall–Kier alpha value is -3.37. The summed E-state index contributed by atoms with van der Waals surface area (Å²) in [6.07, 6.45) is 0.834. The van der Waals surface area contributed by atoms with Gasteiger partial charge in [-0.25, -0.2) is 0 Å². The van der Waals surface area contributed by atoms with Crippen LogP contribution in [0.25, 0.3) is 0 Å². The number of hydrogen-bond donors (Lipinski definition) is 2. The minimum absolute atomic E-state index is 0.0637. The monoisotopic (exact) mass is 615 g/mol. The molecule has 2 aliphatic rings. The smallest absolute Gasteiger partial charge is 0.236 e. The molecule has 0 bridgehead atoms. The molecule has 3 N–H and O–H groups in total. The number of carbonyl (C=O) groups excluding carboxylic acids is 2. The molecule has 3 aromatic rings. The predicted molar refractivity (Wildman–Crippen MR) is 154 cm³/mol. The minimum atomic E-state index is -0.694. The van der Waals surface area contributed by atoms with Crippen LogP contribution in [-0.2, 0) is 9.59 Å². The number of aryl methyl sites for hydroxylation is 1. The van der Waals surface area contributed by atoms with Crippen LogP contribution in [-0.4, -0.2) is 32.8 Å².